The molecule has 2 heterocycles. The highest BCUT2D eigenvalue weighted by Crippen LogP contribution is 2.24. The minimum Gasteiger partial charge on any atom is -0.378 e. The lowest BCUT2D eigenvalue weighted by Crippen LogP contribution is -2.61. The van der Waals surface area contributed by atoms with Gasteiger partial charge in [0.25, 0.3) is 5.91 Å². The normalized spacial score (nSPS) is 24.6. The molecule has 142 valence electrons. The molecule has 2 aliphatic rings. The molecular weight excluding hydrogens is 330 g/mol. The van der Waals surface area contributed by atoms with E-state index in [-0.39, 0.29) is 18.4 Å². The lowest BCUT2D eigenvalue weighted by Gasteiger charge is -2.42. The molecule has 1 aromatic carbocycles. The van der Waals surface area contributed by atoms with E-state index in [1.165, 1.54) is 18.1 Å². The lowest BCUT2D eigenvalue weighted by molar-refractivity contribution is -0.161. The van der Waals surface area contributed by atoms with Crippen LogP contribution in [-0.2, 0) is 16.1 Å². The summed E-state index contributed by atoms with van der Waals surface area (Å²) in [5, 5.41) is 10.8. The molecule has 1 atom stereocenters. The van der Waals surface area contributed by atoms with Gasteiger partial charge in [-0.15, -0.1) is 0 Å². The quantitative estimate of drug-likeness (QED) is 0.875. The smallest absolute Gasteiger partial charge is 0.256 e. The number of piperidine rings is 1. The van der Waals surface area contributed by atoms with Crippen molar-refractivity contribution in [2.75, 3.05) is 39.3 Å². The van der Waals surface area contributed by atoms with Gasteiger partial charge in [0.2, 0.25) is 5.91 Å². The Morgan fingerprint density at radius 1 is 1.12 bits per heavy atom. The molecule has 26 heavy (non-hydrogen) atoms. The van der Waals surface area contributed by atoms with Gasteiger partial charge in [-0.2, -0.15) is 0 Å². The second-order valence-corrected chi connectivity index (χ2v) is 7.63. The number of carbonyl (C=O) groups is 2. The zero-order valence-corrected chi connectivity index (χ0v) is 15.8. The molecule has 6 heteroatoms. The Labute approximate surface area is 155 Å². The Hall–Kier alpha value is -1.92. The maximum absolute atomic E-state index is 12.9. The Morgan fingerprint density at radius 2 is 1.85 bits per heavy atom. The molecule has 0 unspecified atom stereocenters. The van der Waals surface area contributed by atoms with Crippen LogP contribution in [0.4, 0.5) is 0 Å². The van der Waals surface area contributed by atoms with Crippen molar-refractivity contribution in [2.24, 2.45) is 0 Å². The van der Waals surface area contributed by atoms with Gasteiger partial charge < -0.3 is 14.9 Å². The van der Waals surface area contributed by atoms with Gasteiger partial charge in [-0.3, -0.25) is 14.5 Å². The molecule has 0 spiro atoms. The standard InChI is InChI=1S/C20H29N3O3/c1-16-5-3-6-18(13-16)14-21-9-11-22(12-10-21)19(25)20(26)7-4-8-23(15-20)17(2)24/h3,5-6,13,26H,4,7-12,14-15H2,1-2H3/t20-/m0/s1. The third-order valence-corrected chi connectivity index (χ3v) is 5.46. The predicted octanol–water partition coefficient (Wildman–Crippen LogP) is 1.01. The molecule has 2 saturated heterocycles. The molecule has 1 aromatic rings. The van der Waals surface area contributed by atoms with E-state index >= 15 is 0 Å². The molecule has 2 fully saturated rings. The van der Waals surface area contributed by atoms with E-state index in [9.17, 15) is 14.7 Å². The lowest BCUT2D eigenvalue weighted by atomic mass is 9.91. The van der Waals surface area contributed by atoms with Crippen LogP contribution < -0.4 is 0 Å². The van der Waals surface area contributed by atoms with Crippen LogP contribution in [0.25, 0.3) is 0 Å². The van der Waals surface area contributed by atoms with Crippen molar-refractivity contribution in [3.8, 4) is 0 Å². The van der Waals surface area contributed by atoms with Crippen molar-refractivity contribution >= 4 is 11.8 Å². The minimum atomic E-state index is -1.43. The van der Waals surface area contributed by atoms with Gasteiger partial charge in [0.05, 0.1) is 6.54 Å². The van der Waals surface area contributed by atoms with Gasteiger partial charge in [-0.1, -0.05) is 29.8 Å². The number of aliphatic hydroxyl groups is 1. The number of amides is 2. The van der Waals surface area contributed by atoms with E-state index in [0.29, 0.717) is 32.5 Å². The molecule has 0 bridgehead atoms. The number of hydrogen-bond acceptors (Lipinski definition) is 4. The van der Waals surface area contributed by atoms with Crippen LogP contribution in [0, 0.1) is 6.92 Å². The summed E-state index contributed by atoms with van der Waals surface area (Å²) >= 11 is 0. The SMILES string of the molecule is CC(=O)N1CCC[C@@](O)(C(=O)N2CCN(Cc3cccc(C)c3)CC2)C1. The number of benzene rings is 1. The fourth-order valence-corrected chi connectivity index (χ4v) is 3.95. The molecule has 0 radical (unpaired) electrons. The highest BCUT2D eigenvalue weighted by Gasteiger charge is 2.43. The van der Waals surface area contributed by atoms with E-state index in [4.69, 9.17) is 0 Å². The van der Waals surface area contributed by atoms with Crippen LogP contribution in [0.3, 0.4) is 0 Å². The highest BCUT2D eigenvalue weighted by atomic mass is 16.3. The topological polar surface area (TPSA) is 64.1 Å². The third kappa shape index (κ3) is 4.24. The summed E-state index contributed by atoms with van der Waals surface area (Å²) in [6.45, 7) is 8.03. The van der Waals surface area contributed by atoms with Crippen LogP contribution in [0.2, 0.25) is 0 Å². The molecule has 2 aliphatic heterocycles. The summed E-state index contributed by atoms with van der Waals surface area (Å²) in [7, 11) is 0. The molecular formula is C20H29N3O3. The van der Waals surface area contributed by atoms with Gasteiger partial charge in [0, 0.05) is 46.2 Å². The number of carbonyl (C=O) groups excluding carboxylic acids is 2. The van der Waals surface area contributed by atoms with Crippen LogP contribution in [0.1, 0.15) is 30.9 Å². The predicted molar refractivity (Wildman–Crippen MR) is 99.5 cm³/mol. The van der Waals surface area contributed by atoms with E-state index < -0.39 is 5.60 Å². The number of piperazine rings is 1. The first kappa shape index (κ1) is 18.9. The summed E-state index contributed by atoms with van der Waals surface area (Å²) in [6.07, 6.45) is 1.09. The van der Waals surface area contributed by atoms with Gasteiger partial charge >= 0.3 is 0 Å². The molecule has 3 rings (SSSR count). The number of aryl methyl sites for hydroxylation is 1. The maximum Gasteiger partial charge on any atom is 0.256 e. The summed E-state index contributed by atoms with van der Waals surface area (Å²) in [5.41, 5.74) is 1.11. The van der Waals surface area contributed by atoms with Crippen LogP contribution in [0.15, 0.2) is 24.3 Å². The second-order valence-electron chi connectivity index (χ2n) is 7.63. The van der Waals surface area contributed by atoms with Crippen LogP contribution in [-0.4, -0.2) is 76.5 Å². The Morgan fingerprint density at radius 3 is 2.50 bits per heavy atom. The Balaban J connectivity index is 1.55. The average Bonchev–Trinajstić information content (AvgIpc) is 2.62. The van der Waals surface area contributed by atoms with E-state index in [0.717, 1.165) is 19.6 Å². The highest BCUT2D eigenvalue weighted by molar-refractivity contribution is 5.86. The number of β-amino-alcohol motifs (C(OH)–C–C–N with tert-alkyl or cyclic N) is 1. The number of nitrogens with zero attached hydrogens (tertiary/aromatic N) is 3. The number of hydrogen-bond donors (Lipinski definition) is 1. The van der Waals surface area contributed by atoms with Crippen LogP contribution in [0.5, 0.6) is 0 Å². The van der Waals surface area contributed by atoms with Crippen molar-refractivity contribution in [1.29, 1.82) is 0 Å². The van der Waals surface area contributed by atoms with Crippen molar-refractivity contribution in [3.63, 3.8) is 0 Å². The Kier molecular flexibility index (Phi) is 5.63. The van der Waals surface area contributed by atoms with Crippen LogP contribution >= 0.6 is 0 Å². The van der Waals surface area contributed by atoms with Crippen molar-refractivity contribution in [1.82, 2.24) is 14.7 Å². The van der Waals surface area contributed by atoms with Crippen molar-refractivity contribution in [2.45, 2.75) is 38.8 Å². The number of rotatable bonds is 3. The minimum absolute atomic E-state index is 0.0844. The van der Waals surface area contributed by atoms with Gasteiger partial charge in [-0.05, 0) is 25.3 Å². The first-order chi connectivity index (χ1) is 12.4. The number of likely N-dealkylation sites (tertiary alicyclic amines) is 1. The van der Waals surface area contributed by atoms with Gasteiger partial charge in [0.15, 0.2) is 5.60 Å². The molecule has 0 saturated carbocycles. The molecule has 1 N–H and O–H groups in total. The summed E-state index contributed by atoms with van der Waals surface area (Å²) in [5.74, 6) is -0.308. The Bertz CT molecular complexity index is 670. The zero-order chi connectivity index (χ0) is 18.7. The van der Waals surface area contributed by atoms with E-state index in [1.807, 2.05) is 0 Å². The fraction of sp³-hybridized carbons (Fsp3) is 0.600. The third-order valence-electron chi connectivity index (χ3n) is 5.46. The first-order valence-corrected chi connectivity index (χ1v) is 9.42. The summed E-state index contributed by atoms with van der Waals surface area (Å²) in [4.78, 5) is 30.2. The van der Waals surface area contributed by atoms with E-state index in [2.05, 4.69) is 36.1 Å². The van der Waals surface area contributed by atoms with Crippen molar-refractivity contribution < 1.29 is 14.7 Å². The fourth-order valence-electron chi connectivity index (χ4n) is 3.95. The largest absolute Gasteiger partial charge is 0.378 e. The second kappa shape index (κ2) is 7.76. The van der Waals surface area contributed by atoms with Gasteiger partial charge in [0.1, 0.15) is 0 Å². The monoisotopic (exact) mass is 359 g/mol. The maximum atomic E-state index is 12.9. The average molecular weight is 359 g/mol. The van der Waals surface area contributed by atoms with Gasteiger partial charge in [-0.25, -0.2) is 0 Å². The first-order valence-electron chi connectivity index (χ1n) is 9.42. The summed E-state index contributed by atoms with van der Waals surface area (Å²) < 4.78 is 0. The molecule has 0 aliphatic carbocycles. The molecule has 2 amide bonds. The zero-order valence-electron chi connectivity index (χ0n) is 15.8. The van der Waals surface area contributed by atoms with E-state index in [1.54, 1.807) is 9.80 Å². The summed E-state index contributed by atoms with van der Waals surface area (Å²) in [6, 6.07) is 8.49. The van der Waals surface area contributed by atoms with Crippen molar-refractivity contribution in [3.05, 3.63) is 35.4 Å². The molecule has 0 aromatic heterocycles. The molecule has 6 nitrogen and oxygen atoms in total.